The minimum absolute atomic E-state index is 0.0876. The standard InChI is InChI=1S/C32H29F3N2O6S/c1-41-28-18-24-16-17-37(30(22-6-4-3-5-7-22)27(24)19-29(28)42-2)20-21-8-14-26(15-9-21)44(39,40)36-31(38)23-10-12-25(13-11-23)43-32(33,34)35/h3-15,18-19,30H,16-17,20H2,1-2H3,(H,36,38). The molecule has 1 atom stereocenters. The summed E-state index contributed by atoms with van der Waals surface area (Å²) in [6, 6.07) is 24.1. The van der Waals surface area contributed by atoms with E-state index in [-0.39, 0.29) is 16.5 Å². The molecule has 0 aromatic heterocycles. The van der Waals surface area contributed by atoms with Gasteiger partial charge in [0.25, 0.3) is 15.9 Å². The van der Waals surface area contributed by atoms with Crippen LogP contribution in [0.5, 0.6) is 17.2 Å². The smallest absolute Gasteiger partial charge is 0.493 e. The Bertz CT molecular complexity index is 1730. The number of methoxy groups -OCH3 is 2. The van der Waals surface area contributed by atoms with Crippen molar-refractivity contribution in [3.05, 3.63) is 119 Å². The van der Waals surface area contributed by atoms with Gasteiger partial charge in [-0.15, -0.1) is 13.2 Å². The minimum Gasteiger partial charge on any atom is -0.493 e. The lowest BCUT2D eigenvalue weighted by Gasteiger charge is -2.38. The van der Waals surface area contributed by atoms with Gasteiger partial charge in [0.15, 0.2) is 11.5 Å². The van der Waals surface area contributed by atoms with Gasteiger partial charge in [0.1, 0.15) is 5.75 Å². The molecule has 4 aromatic rings. The number of nitrogens with one attached hydrogen (secondary N) is 1. The molecule has 8 nitrogen and oxygen atoms in total. The Kier molecular flexibility index (Phi) is 8.84. The molecule has 5 rings (SSSR count). The van der Waals surface area contributed by atoms with Crippen LogP contribution in [0.1, 0.15) is 38.7 Å². The second-order valence-corrected chi connectivity index (χ2v) is 11.8. The zero-order valence-corrected chi connectivity index (χ0v) is 24.6. The molecule has 0 saturated heterocycles. The molecule has 4 aromatic carbocycles. The number of nitrogens with zero attached hydrogens (tertiary/aromatic N) is 1. The van der Waals surface area contributed by atoms with Crippen LogP contribution in [0.15, 0.2) is 95.9 Å². The van der Waals surface area contributed by atoms with E-state index in [0.717, 1.165) is 59.5 Å². The highest BCUT2D eigenvalue weighted by molar-refractivity contribution is 7.90. The summed E-state index contributed by atoms with van der Waals surface area (Å²) in [5, 5.41) is 0. The Hall–Kier alpha value is -4.55. The number of carbonyl (C=O) groups excluding carboxylic acids is 1. The van der Waals surface area contributed by atoms with Crippen molar-refractivity contribution in [3.8, 4) is 17.2 Å². The van der Waals surface area contributed by atoms with Crippen LogP contribution >= 0.6 is 0 Å². The summed E-state index contributed by atoms with van der Waals surface area (Å²) in [5.74, 6) is -0.213. The van der Waals surface area contributed by atoms with E-state index in [1.165, 1.54) is 12.1 Å². The van der Waals surface area contributed by atoms with Crippen molar-refractivity contribution in [2.24, 2.45) is 0 Å². The van der Waals surface area contributed by atoms with Crippen molar-refractivity contribution in [3.63, 3.8) is 0 Å². The summed E-state index contributed by atoms with van der Waals surface area (Å²) >= 11 is 0. The Morgan fingerprint density at radius 2 is 1.55 bits per heavy atom. The van der Waals surface area contributed by atoms with Gasteiger partial charge in [0, 0.05) is 18.7 Å². The first-order valence-corrected chi connectivity index (χ1v) is 15.0. The van der Waals surface area contributed by atoms with E-state index in [0.29, 0.717) is 18.0 Å². The van der Waals surface area contributed by atoms with Crippen LogP contribution in [0.2, 0.25) is 0 Å². The fourth-order valence-electron chi connectivity index (χ4n) is 5.25. The molecule has 1 aliphatic heterocycles. The summed E-state index contributed by atoms with van der Waals surface area (Å²) in [6.45, 7) is 1.26. The molecule has 0 saturated carbocycles. The van der Waals surface area contributed by atoms with Gasteiger partial charge in [-0.2, -0.15) is 0 Å². The number of hydrogen-bond donors (Lipinski definition) is 1. The molecule has 1 unspecified atom stereocenters. The third-order valence-corrected chi connectivity index (χ3v) is 8.63. The third kappa shape index (κ3) is 6.98. The number of rotatable bonds is 9. The van der Waals surface area contributed by atoms with Gasteiger partial charge in [-0.25, -0.2) is 13.1 Å². The quantitative estimate of drug-likeness (QED) is 0.249. The largest absolute Gasteiger partial charge is 0.573 e. The SMILES string of the molecule is COc1cc2c(cc1OC)C(c1ccccc1)N(Cc1ccc(S(=O)(=O)NC(=O)c3ccc(OC(F)(F)F)cc3)cc1)CC2. The molecule has 44 heavy (non-hydrogen) atoms. The predicted molar refractivity (Wildman–Crippen MR) is 156 cm³/mol. The molecule has 1 N–H and O–H groups in total. The van der Waals surface area contributed by atoms with Gasteiger partial charge in [-0.1, -0.05) is 42.5 Å². The molecule has 12 heteroatoms. The molecular formula is C32H29F3N2O6S. The third-order valence-electron chi connectivity index (χ3n) is 7.29. The normalized spacial score (nSPS) is 15.2. The lowest BCUT2D eigenvalue weighted by Crippen LogP contribution is -2.35. The fourth-order valence-corrected chi connectivity index (χ4v) is 6.22. The maximum atomic E-state index is 12.9. The number of hydrogen-bond acceptors (Lipinski definition) is 7. The van der Waals surface area contributed by atoms with E-state index in [4.69, 9.17) is 9.47 Å². The summed E-state index contributed by atoms with van der Waals surface area (Å²) in [4.78, 5) is 14.7. The van der Waals surface area contributed by atoms with Crippen LogP contribution in [0.4, 0.5) is 13.2 Å². The van der Waals surface area contributed by atoms with Gasteiger partial charge in [0.05, 0.1) is 25.2 Å². The lowest BCUT2D eigenvalue weighted by molar-refractivity contribution is -0.274. The average molecular weight is 627 g/mol. The van der Waals surface area contributed by atoms with Crippen molar-refractivity contribution in [2.45, 2.75) is 30.3 Å². The van der Waals surface area contributed by atoms with Crippen LogP contribution in [0.25, 0.3) is 0 Å². The Morgan fingerprint density at radius 3 is 2.16 bits per heavy atom. The van der Waals surface area contributed by atoms with Crippen LogP contribution in [-0.4, -0.2) is 46.4 Å². The number of halogens is 3. The van der Waals surface area contributed by atoms with Gasteiger partial charge in [-0.05, 0) is 77.2 Å². The van der Waals surface area contributed by atoms with Crippen molar-refractivity contribution >= 4 is 15.9 Å². The number of ether oxygens (including phenoxy) is 3. The number of amides is 1. The first kappa shape index (κ1) is 30.9. The maximum Gasteiger partial charge on any atom is 0.573 e. The number of sulfonamides is 1. The molecule has 0 radical (unpaired) electrons. The van der Waals surface area contributed by atoms with Crippen molar-refractivity contribution < 1.29 is 40.6 Å². The summed E-state index contributed by atoms with van der Waals surface area (Å²) in [7, 11) is -1.05. The van der Waals surface area contributed by atoms with Gasteiger partial charge >= 0.3 is 6.36 Å². The molecule has 0 spiro atoms. The molecule has 0 bridgehead atoms. The van der Waals surface area contributed by atoms with E-state index < -0.39 is 28.0 Å². The highest BCUT2D eigenvalue weighted by Gasteiger charge is 2.32. The second-order valence-electron chi connectivity index (χ2n) is 10.1. The van der Waals surface area contributed by atoms with E-state index in [1.54, 1.807) is 26.4 Å². The monoisotopic (exact) mass is 626 g/mol. The fraction of sp³-hybridized carbons (Fsp3) is 0.219. The zero-order chi connectivity index (χ0) is 31.5. The Morgan fingerprint density at radius 1 is 0.909 bits per heavy atom. The highest BCUT2D eigenvalue weighted by Crippen LogP contribution is 2.41. The molecule has 0 aliphatic carbocycles. The molecule has 0 fully saturated rings. The second kappa shape index (κ2) is 12.6. The molecule has 230 valence electrons. The van der Waals surface area contributed by atoms with Crippen LogP contribution in [-0.2, 0) is 23.0 Å². The van der Waals surface area contributed by atoms with Crippen LogP contribution in [0, 0.1) is 0 Å². The summed E-state index contributed by atoms with van der Waals surface area (Å²) < 4.78 is 79.8. The van der Waals surface area contributed by atoms with E-state index in [2.05, 4.69) is 21.8 Å². The lowest BCUT2D eigenvalue weighted by atomic mass is 9.87. The van der Waals surface area contributed by atoms with Crippen molar-refractivity contribution in [2.75, 3.05) is 20.8 Å². The number of fused-ring (bicyclic) bond motifs is 1. The molecule has 1 aliphatic rings. The minimum atomic E-state index is -4.89. The Balaban J connectivity index is 1.33. The number of benzene rings is 4. The average Bonchev–Trinajstić information content (AvgIpc) is 3.00. The number of alkyl halides is 3. The van der Waals surface area contributed by atoms with Gasteiger partial charge in [0.2, 0.25) is 0 Å². The molecular weight excluding hydrogens is 597 g/mol. The topological polar surface area (TPSA) is 94.2 Å². The number of carbonyl (C=O) groups is 1. The Labute approximate surface area is 253 Å². The van der Waals surface area contributed by atoms with Gasteiger partial charge in [-0.3, -0.25) is 9.69 Å². The van der Waals surface area contributed by atoms with E-state index >= 15 is 0 Å². The van der Waals surface area contributed by atoms with Crippen molar-refractivity contribution in [1.82, 2.24) is 9.62 Å². The summed E-state index contributed by atoms with van der Waals surface area (Å²) in [6.07, 6.45) is -4.11. The van der Waals surface area contributed by atoms with Crippen LogP contribution < -0.4 is 18.9 Å². The van der Waals surface area contributed by atoms with Crippen LogP contribution in [0.3, 0.4) is 0 Å². The zero-order valence-electron chi connectivity index (χ0n) is 23.8. The molecule has 1 heterocycles. The highest BCUT2D eigenvalue weighted by atomic mass is 32.2. The first-order chi connectivity index (χ1) is 21.0. The maximum absolute atomic E-state index is 12.9. The van der Waals surface area contributed by atoms with Crippen molar-refractivity contribution in [1.29, 1.82) is 0 Å². The molecule has 1 amide bonds. The summed E-state index contributed by atoms with van der Waals surface area (Å²) in [5.41, 5.74) is 4.07. The van der Waals surface area contributed by atoms with Gasteiger partial charge < -0.3 is 14.2 Å². The first-order valence-electron chi connectivity index (χ1n) is 13.5. The predicted octanol–water partition coefficient (Wildman–Crippen LogP) is 5.87. The van der Waals surface area contributed by atoms with E-state index in [1.807, 2.05) is 35.1 Å². The van der Waals surface area contributed by atoms with E-state index in [9.17, 15) is 26.4 Å².